The molecular weight excluding hydrogens is 1750 g/mol. The van der Waals surface area contributed by atoms with Gasteiger partial charge in [0.2, 0.25) is 5.60 Å². The highest BCUT2D eigenvalue weighted by Gasteiger charge is 2.72. The lowest BCUT2D eigenvalue weighted by molar-refractivity contribution is -0.221. The molecule has 10 saturated heterocycles. The van der Waals surface area contributed by atoms with E-state index < -0.39 is 110 Å². The molecular formula is C104H180O31. The molecule has 9 saturated carbocycles. The van der Waals surface area contributed by atoms with E-state index in [0.717, 1.165) is 64.2 Å². The molecule has 0 amide bonds. The minimum atomic E-state index is -1.37. The average molecular weight is 1930 g/mol. The van der Waals surface area contributed by atoms with Crippen LogP contribution in [-0.2, 0) is 148 Å². The van der Waals surface area contributed by atoms with Crippen LogP contribution in [0.15, 0.2) is 0 Å². The molecule has 19 fully saturated rings. The van der Waals surface area contributed by atoms with Gasteiger partial charge in [-0.25, -0.2) is 4.79 Å². The molecule has 31 heteroatoms. The maximum Gasteiger partial charge on any atom is 0.350 e. The van der Waals surface area contributed by atoms with Crippen molar-refractivity contribution in [3.05, 3.63) is 0 Å². The first-order chi connectivity index (χ1) is 57.4. The Morgan fingerprint density at radius 2 is 0.733 bits per heavy atom. The summed E-state index contributed by atoms with van der Waals surface area (Å²) in [5, 5.41) is 0. The third-order valence-electron chi connectivity index (χ3n) is 31.4. The number of hydrogen-bond donors (Lipinski definition) is 0. The van der Waals surface area contributed by atoms with Crippen molar-refractivity contribution >= 4 is 89.5 Å². The molecule has 29 unspecified atom stereocenters. The molecule has 19 rings (SSSR count). The van der Waals surface area contributed by atoms with Crippen LogP contribution < -0.4 is 0 Å². The van der Waals surface area contributed by atoms with Gasteiger partial charge in [0.1, 0.15) is 73.2 Å². The number of carbonyl (C=O) groups excluding carboxylic acids is 15. The smallest absolute Gasteiger partial charge is 0.350 e. The quantitative estimate of drug-likeness (QED) is 0.0640. The van der Waals surface area contributed by atoms with Gasteiger partial charge in [-0.15, -0.1) is 0 Å². The number of esters is 15. The first kappa shape index (κ1) is 127. The predicted octanol–water partition coefficient (Wildman–Crippen LogP) is 18.4. The summed E-state index contributed by atoms with van der Waals surface area (Å²) in [6.07, 6.45) is 8.75. The van der Waals surface area contributed by atoms with Crippen molar-refractivity contribution in [3.63, 3.8) is 0 Å². The second-order valence-corrected chi connectivity index (χ2v) is 41.9. The maximum absolute atomic E-state index is 12.6. The van der Waals surface area contributed by atoms with E-state index >= 15 is 0 Å². The summed E-state index contributed by atoms with van der Waals surface area (Å²) in [5.41, 5.74) is -5.21. The zero-order valence-corrected chi connectivity index (χ0v) is 75.8. The molecule has 782 valence electrons. The molecule has 14 bridgehead atoms. The molecule has 29 atom stereocenters. The Bertz CT molecular complexity index is 4050. The zero-order valence-electron chi connectivity index (χ0n) is 75.8. The third kappa shape index (κ3) is 24.4. The Kier molecular flexibility index (Phi) is 44.5. The molecule has 0 aromatic rings. The Hall–Kier alpha value is -7.99. The fourth-order valence-electron chi connectivity index (χ4n) is 20.6. The van der Waals surface area contributed by atoms with E-state index in [2.05, 4.69) is 0 Å². The molecule has 0 aromatic carbocycles. The van der Waals surface area contributed by atoms with Gasteiger partial charge in [-0.1, -0.05) is 131 Å². The van der Waals surface area contributed by atoms with Gasteiger partial charge in [-0.2, -0.15) is 0 Å². The van der Waals surface area contributed by atoms with Gasteiger partial charge in [-0.05, 0) is 207 Å². The Morgan fingerprint density at radius 3 is 1.19 bits per heavy atom. The van der Waals surface area contributed by atoms with Crippen LogP contribution in [0.25, 0.3) is 0 Å². The highest BCUT2D eigenvalue weighted by Crippen LogP contribution is 2.61. The van der Waals surface area contributed by atoms with Crippen molar-refractivity contribution in [2.75, 3.05) is 13.7 Å². The fraction of sp³-hybridized carbons (Fsp3) is 0.856. The number of ether oxygens (including phenoxy) is 16. The zero-order chi connectivity index (χ0) is 90.6. The van der Waals surface area contributed by atoms with Crippen molar-refractivity contribution in [2.24, 2.45) is 121 Å². The monoisotopic (exact) mass is 1930 g/mol. The summed E-state index contributed by atoms with van der Waals surface area (Å²) < 4.78 is 86.9. The van der Waals surface area contributed by atoms with Gasteiger partial charge < -0.3 is 75.8 Å². The van der Waals surface area contributed by atoms with Gasteiger partial charge in [0.15, 0.2) is 12.2 Å². The Labute approximate surface area is 809 Å². The van der Waals surface area contributed by atoms with Crippen molar-refractivity contribution in [3.8, 4) is 0 Å². The van der Waals surface area contributed by atoms with Gasteiger partial charge >= 0.3 is 89.5 Å². The molecule has 0 radical (unpaired) electrons. The summed E-state index contributed by atoms with van der Waals surface area (Å²) >= 11 is 0. The van der Waals surface area contributed by atoms with Gasteiger partial charge in [-0.3, -0.25) is 67.1 Å². The van der Waals surface area contributed by atoms with Crippen molar-refractivity contribution < 1.29 is 148 Å². The topological polar surface area (TPSA) is 404 Å². The standard InChI is InChI=1S/C18H26O6.C17H24O6.C16H22O6.C14H20O4.C14H22O4.C13H18O5.12CH4/c1-6-17(2,3)15(20)24-18(4,5)16(21)23-12-9-7-10-11(8-9)14(19)22-13(10)12;1-4-17(2,3)16(20)21-6-5-12(18)22-13-9-7-10-11(8-9)15(19)23-14(10)13;1-5-16(2,3)15(19)22-12-7-6-8-10(9(7)13(17)20-4)14(18)21-11(8)12;1-4-14(2,3)13(16)18-11-8-5-7-6-9(8)12(15)17-10(7)11;1-5-13(2,3)12(16)17-10-8-9-6-7-14(10,4)18-11(9)15;1-4-13(2,3)12(15)18-9-7-5-6-8(16-7)10(9)17-11(6)14;;;;;;;;;;;;/h9-13H,6-8H2,1-5H3;9-11,13-14H,4-8H2,1-3H3;7-12H,5-6H2,1-4H3;7-11H,4-6H2,1-3H3;9-10H,5-8H2,1-4H3;6-10H,4-5H2,1-3H3;12*1H4. The van der Waals surface area contributed by atoms with Gasteiger partial charge in [0.05, 0.1) is 93.5 Å². The Morgan fingerprint density at radius 1 is 0.356 bits per heavy atom. The summed E-state index contributed by atoms with van der Waals surface area (Å²) in [4.78, 5) is 180. The van der Waals surface area contributed by atoms with Gasteiger partial charge in [0, 0.05) is 53.8 Å². The van der Waals surface area contributed by atoms with Crippen LogP contribution >= 0.6 is 0 Å². The van der Waals surface area contributed by atoms with E-state index in [1.54, 1.807) is 13.8 Å². The van der Waals surface area contributed by atoms with E-state index in [9.17, 15) is 71.9 Å². The van der Waals surface area contributed by atoms with E-state index in [-0.39, 0.29) is 288 Å². The van der Waals surface area contributed by atoms with Crippen molar-refractivity contribution in [2.45, 2.75) is 441 Å². The van der Waals surface area contributed by atoms with Crippen molar-refractivity contribution in [1.82, 2.24) is 0 Å². The van der Waals surface area contributed by atoms with Gasteiger partial charge in [0.25, 0.3) is 0 Å². The SMILES string of the molecule is C.C.C.C.C.C.C.C.C.C.C.C.CCC(C)(C)C(=O)OC(C)(C)C(=O)OC1C2CC3C(=O)OC1C3C2.CCC(C)(C)C(=O)OC1C2CC3C(=O)OC1C3O2.CCC(C)(C)C(=O)OC1C2CC3C1OC(=O)C3C2C(=O)OC.CCC(C)(C)C(=O)OC1C2CC3CC2C(=O)OC31.CCC(C)(C)C(=O)OC1CC2CCC1(C)OC2=O.CCC(C)(C)C(=O)OCCC(=O)OC1C2CC3C(=O)OC1C3C2. The summed E-state index contributed by atoms with van der Waals surface area (Å²) in [7, 11) is 1.31. The highest BCUT2D eigenvalue weighted by molar-refractivity contribution is 5.88. The van der Waals surface area contributed by atoms with E-state index in [1.807, 2.05) is 118 Å². The minimum absolute atomic E-state index is 0. The number of carbonyl (C=O) groups is 15. The number of methoxy groups -OCH3 is 1. The van der Waals surface area contributed by atoms with Crippen LogP contribution in [0.3, 0.4) is 0 Å². The number of hydrogen-bond acceptors (Lipinski definition) is 31. The second-order valence-electron chi connectivity index (χ2n) is 41.9. The molecule has 0 aromatic heterocycles. The van der Waals surface area contributed by atoms with Crippen LogP contribution in [0.1, 0.15) is 350 Å². The third-order valence-corrected chi connectivity index (χ3v) is 31.4. The van der Waals surface area contributed by atoms with Crippen LogP contribution in [0.2, 0.25) is 0 Å². The molecule has 10 aliphatic heterocycles. The van der Waals surface area contributed by atoms with E-state index in [1.165, 1.54) is 21.0 Å². The highest BCUT2D eigenvalue weighted by atomic mass is 16.7. The molecule has 135 heavy (non-hydrogen) atoms. The second kappa shape index (κ2) is 47.3. The lowest BCUT2D eigenvalue weighted by Gasteiger charge is -2.48. The van der Waals surface area contributed by atoms with Crippen LogP contribution in [0.4, 0.5) is 0 Å². The van der Waals surface area contributed by atoms with Crippen LogP contribution in [-0.4, -0.2) is 194 Å². The van der Waals surface area contributed by atoms with Crippen LogP contribution in [0.5, 0.6) is 0 Å². The van der Waals surface area contributed by atoms with Crippen LogP contribution in [0, 0.1) is 121 Å². The Balaban J connectivity index is 0.00000157. The summed E-state index contributed by atoms with van der Waals surface area (Å²) in [6, 6.07) is 0. The molecule has 0 N–H and O–H groups in total. The largest absolute Gasteiger partial charge is 0.469 e. The molecule has 0 spiro atoms. The average Bonchev–Trinajstić information content (AvgIpc) is 1.55. The molecule has 19 aliphatic rings. The predicted molar refractivity (Wildman–Crippen MR) is 508 cm³/mol. The number of rotatable bonds is 24. The maximum atomic E-state index is 12.6. The fourth-order valence-corrected chi connectivity index (χ4v) is 20.6. The van der Waals surface area contributed by atoms with E-state index in [0.29, 0.717) is 50.9 Å². The minimum Gasteiger partial charge on any atom is -0.469 e. The summed E-state index contributed by atoms with van der Waals surface area (Å²) in [5.74, 6) is -4.20. The van der Waals surface area contributed by atoms with Crippen molar-refractivity contribution in [1.29, 1.82) is 0 Å². The first-order valence-electron chi connectivity index (χ1n) is 45.0. The molecule has 10 heterocycles. The van der Waals surface area contributed by atoms with E-state index in [4.69, 9.17) is 75.8 Å². The summed E-state index contributed by atoms with van der Waals surface area (Å²) in [6.45, 7) is 38.7. The molecule has 31 nitrogen and oxygen atoms in total. The lowest BCUT2D eigenvalue weighted by atomic mass is 9.74. The molecule has 9 aliphatic carbocycles. The number of fused-ring (bicyclic) bond motifs is 8. The lowest BCUT2D eigenvalue weighted by Crippen LogP contribution is -2.57. The normalized spacial score (nSPS) is 33.9. The first-order valence-corrected chi connectivity index (χ1v) is 45.0.